The first-order chi connectivity index (χ1) is 11.2. The molecule has 0 spiro atoms. The van der Waals surface area contributed by atoms with Gasteiger partial charge in [0.25, 0.3) is 11.5 Å². The third kappa shape index (κ3) is 3.32. The van der Waals surface area contributed by atoms with Crippen LogP contribution in [0.3, 0.4) is 0 Å². The molecule has 6 heteroatoms. The molecule has 2 aromatic rings. The Morgan fingerprint density at radius 3 is 2.39 bits per heavy atom. The first kappa shape index (κ1) is 15.4. The van der Waals surface area contributed by atoms with Gasteiger partial charge in [-0.1, -0.05) is 25.1 Å². The van der Waals surface area contributed by atoms with Crippen molar-refractivity contribution in [3.05, 3.63) is 58.5 Å². The lowest BCUT2D eigenvalue weighted by Crippen LogP contribution is -2.48. The topological polar surface area (TPSA) is 58.4 Å². The predicted molar refractivity (Wildman–Crippen MR) is 87.9 cm³/mol. The van der Waals surface area contributed by atoms with Crippen LogP contribution in [0.2, 0.25) is 0 Å². The molecule has 1 aromatic carbocycles. The summed E-state index contributed by atoms with van der Waals surface area (Å²) in [5.74, 6) is -0.120. The van der Waals surface area contributed by atoms with Crippen molar-refractivity contribution in [3.8, 4) is 5.69 Å². The highest BCUT2D eigenvalue weighted by atomic mass is 16.2. The average molecular weight is 312 g/mol. The summed E-state index contributed by atoms with van der Waals surface area (Å²) in [5.41, 5.74) is 0.713. The summed E-state index contributed by atoms with van der Waals surface area (Å²) in [6, 6.07) is 12.0. The van der Waals surface area contributed by atoms with Gasteiger partial charge in [-0.3, -0.25) is 9.59 Å². The molecule has 0 aliphatic carbocycles. The van der Waals surface area contributed by atoms with Crippen LogP contribution in [0.15, 0.2) is 47.3 Å². The number of hydrogen-bond acceptors (Lipinski definition) is 4. The van der Waals surface area contributed by atoms with Crippen LogP contribution in [-0.4, -0.2) is 58.2 Å². The fourth-order valence-electron chi connectivity index (χ4n) is 2.71. The highest BCUT2D eigenvalue weighted by Gasteiger charge is 2.22. The number of likely N-dealkylation sites (N-methyl/N-ethyl adjacent to an activating group) is 1. The molecule has 3 rings (SSSR count). The third-order valence-corrected chi connectivity index (χ3v) is 4.13. The van der Waals surface area contributed by atoms with Crippen LogP contribution < -0.4 is 5.56 Å². The van der Waals surface area contributed by atoms with E-state index in [1.165, 1.54) is 16.8 Å². The second kappa shape index (κ2) is 6.75. The van der Waals surface area contributed by atoms with Crippen LogP contribution in [0.4, 0.5) is 0 Å². The van der Waals surface area contributed by atoms with Crippen molar-refractivity contribution in [2.75, 3.05) is 32.7 Å². The molecule has 0 radical (unpaired) electrons. The molecule has 1 fully saturated rings. The molecule has 1 aliphatic heterocycles. The van der Waals surface area contributed by atoms with E-state index in [9.17, 15) is 9.59 Å². The number of nitrogens with zero attached hydrogens (tertiary/aromatic N) is 4. The van der Waals surface area contributed by atoms with Crippen molar-refractivity contribution in [3.63, 3.8) is 0 Å². The SMILES string of the molecule is CCN1CCN(C(=O)c2ccc(=O)n(-c3ccccc3)n2)CC1. The number of carbonyl (C=O) groups excluding carboxylic acids is 1. The minimum absolute atomic E-state index is 0.120. The highest BCUT2D eigenvalue weighted by molar-refractivity contribution is 5.92. The molecule has 0 atom stereocenters. The molecule has 0 bridgehead atoms. The van der Waals surface area contributed by atoms with Crippen molar-refractivity contribution >= 4 is 5.91 Å². The van der Waals surface area contributed by atoms with Crippen LogP contribution in [0.25, 0.3) is 5.69 Å². The second-order valence-corrected chi connectivity index (χ2v) is 5.53. The summed E-state index contributed by atoms with van der Waals surface area (Å²) in [5, 5.41) is 4.26. The largest absolute Gasteiger partial charge is 0.335 e. The number of hydrogen-bond donors (Lipinski definition) is 0. The first-order valence-corrected chi connectivity index (χ1v) is 7.86. The summed E-state index contributed by atoms with van der Waals surface area (Å²) >= 11 is 0. The van der Waals surface area contributed by atoms with Crippen LogP contribution >= 0.6 is 0 Å². The van der Waals surface area contributed by atoms with Crippen molar-refractivity contribution in [1.82, 2.24) is 19.6 Å². The maximum Gasteiger partial charge on any atom is 0.274 e. The molecule has 1 saturated heterocycles. The number of benzene rings is 1. The van der Waals surface area contributed by atoms with Crippen molar-refractivity contribution in [1.29, 1.82) is 0 Å². The number of aromatic nitrogens is 2. The summed E-state index contributed by atoms with van der Waals surface area (Å²) in [6.45, 7) is 6.26. The van der Waals surface area contributed by atoms with E-state index in [2.05, 4.69) is 16.9 Å². The Balaban J connectivity index is 1.84. The summed E-state index contributed by atoms with van der Waals surface area (Å²) in [4.78, 5) is 28.7. The summed E-state index contributed by atoms with van der Waals surface area (Å²) < 4.78 is 1.27. The predicted octanol–water partition coefficient (Wildman–Crippen LogP) is 1.01. The van der Waals surface area contributed by atoms with Gasteiger partial charge >= 0.3 is 0 Å². The first-order valence-electron chi connectivity index (χ1n) is 7.86. The van der Waals surface area contributed by atoms with Crippen LogP contribution in [0.1, 0.15) is 17.4 Å². The van der Waals surface area contributed by atoms with Crippen molar-refractivity contribution in [2.45, 2.75) is 6.92 Å². The lowest BCUT2D eigenvalue weighted by Gasteiger charge is -2.33. The monoisotopic (exact) mass is 312 g/mol. The molecule has 0 N–H and O–H groups in total. The Hall–Kier alpha value is -2.47. The normalized spacial score (nSPS) is 15.6. The van der Waals surface area contributed by atoms with E-state index >= 15 is 0 Å². The van der Waals surface area contributed by atoms with E-state index in [0.29, 0.717) is 24.5 Å². The standard InChI is InChI=1S/C17H20N4O2/c1-2-19-10-12-20(13-11-19)17(23)15-8-9-16(22)21(18-15)14-6-4-3-5-7-14/h3-9H,2,10-13H2,1H3. The molecule has 1 aromatic heterocycles. The van der Waals surface area contributed by atoms with Crippen molar-refractivity contribution < 1.29 is 4.79 Å². The zero-order chi connectivity index (χ0) is 16.2. The number of para-hydroxylation sites is 1. The van der Waals surface area contributed by atoms with Gasteiger partial charge in [-0.15, -0.1) is 0 Å². The van der Waals surface area contributed by atoms with Gasteiger partial charge in [0.15, 0.2) is 0 Å². The molecular weight excluding hydrogens is 292 g/mol. The highest BCUT2D eigenvalue weighted by Crippen LogP contribution is 2.08. The zero-order valence-corrected chi connectivity index (χ0v) is 13.2. The van der Waals surface area contributed by atoms with Crippen molar-refractivity contribution in [2.24, 2.45) is 0 Å². The Labute approximate surface area is 134 Å². The van der Waals surface area contributed by atoms with E-state index in [1.54, 1.807) is 17.0 Å². The minimum Gasteiger partial charge on any atom is -0.335 e. The molecule has 1 amide bonds. The number of piperazine rings is 1. The smallest absolute Gasteiger partial charge is 0.274 e. The van der Waals surface area contributed by atoms with Gasteiger partial charge in [0.2, 0.25) is 0 Å². The van der Waals surface area contributed by atoms with E-state index in [0.717, 1.165) is 19.6 Å². The van der Waals surface area contributed by atoms with E-state index in [-0.39, 0.29) is 11.5 Å². The number of carbonyl (C=O) groups is 1. The Bertz CT molecular complexity index is 734. The van der Waals surface area contributed by atoms with Gasteiger partial charge in [-0.25, -0.2) is 0 Å². The van der Waals surface area contributed by atoms with E-state index < -0.39 is 0 Å². The fourth-order valence-corrected chi connectivity index (χ4v) is 2.71. The Morgan fingerprint density at radius 2 is 1.74 bits per heavy atom. The summed E-state index contributed by atoms with van der Waals surface area (Å²) in [7, 11) is 0. The van der Waals surface area contributed by atoms with Gasteiger partial charge in [0, 0.05) is 32.2 Å². The maximum atomic E-state index is 12.6. The molecule has 0 saturated carbocycles. The number of rotatable bonds is 3. The minimum atomic E-state index is -0.247. The number of amides is 1. The lowest BCUT2D eigenvalue weighted by atomic mass is 10.2. The molecule has 0 unspecified atom stereocenters. The zero-order valence-electron chi connectivity index (χ0n) is 13.2. The van der Waals surface area contributed by atoms with Crippen LogP contribution in [-0.2, 0) is 0 Å². The molecule has 6 nitrogen and oxygen atoms in total. The second-order valence-electron chi connectivity index (χ2n) is 5.53. The summed E-state index contributed by atoms with van der Waals surface area (Å²) in [6.07, 6.45) is 0. The third-order valence-electron chi connectivity index (χ3n) is 4.13. The molecular formula is C17H20N4O2. The van der Waals surface area contributed by atoms with E-state index in [4.69, 9.17) is 0 Å². The van der Waals surface area contributed by atoms with Crippen LogP contribution in [0.5, 0.6) is 0 Å². The van der Waals surface area contributed by atoms with Gasteiger partial charge in [0.05, 0.1) is 5.69 Å². The van der Waals surface area contributed by atoms with Gasteiger partial charge in [-0.05, 0) is 24.7 Å². The molecule has 1 aliphatic rings. The average Bonchev–Trinajstić information content (AvgIpc) is 2.62. The maximum absolute atomic E-state index is 12.6. The van der Waals surface area contributed by atoms with Gasteiger partial charge in [0.1, 0.15) is 5.69 Å². The van der Waals surface area contributed by atoms with Gasteiger partial charge in [-0.2, -0.15) is 9.78 Å². The Morgan fingerprint density at radius 1 is 1.04 bits per heavy atom. The molecule has 2 heterocycles. The molecule has 23 heavy (non-hydrogen) atoms. The lowest BCUT2D eigenvalue weighted by molar-refractivity contribution is 0.0635. The quantitative estimate of drug-likeness (QED) is 0.849. The fraction of sp³-hybridized carbons (Fsp3) is 0.353. The van der Waals surface area contributed by atoms with Crippen LogP contribution in [0, 0.1) is 0 Å². The van der Waals surface area contributed by atoms with E-state index in [1.807, 2.05) is 18.2 Å². The Kier molecular flexibility index (Phi) is 4.52. The molecule has 120 valence electrons. The van der Waals surface area contributed by atoms with Gasteiger partial charge < -0.3 is 9.80 Å².